The van der Waals surface area contributed by atoms with Crippen LogP contribution in [-0.2, 0) is 0 Å². The van der Waals surface area contributed by atoms with Gasteiger partial charge in [-0.1, -0.05) is 0 Å². The molecular formula is C7H16N2. The Morgan fingerprint density at radius 1 is 1.67 bits per heavy atom. The van der Waals surface area contributed by atoms with E-state index in [1.807, 2.05) is 0 Å². The zero-order valence-corrected chi connectivity index (χ0v) is 6.06. The Balaban J connectivity index is 1.96. The first-order chi connectivity index (χ1) is 4.34. The standard InChI is InChI=1S/C7H16N2/c1-6(7-2-3-7)9-5-4-8/h6-7,9H,2-5,8H2,1H3. The lowest BCUT2D eigenvalue weighted by Crippen LogP contribution is -2.32. The third-order valence-electron chi connectivity index (χ3n) is 1.94. The molecule has 0 bridgehead atoms. The van der Waals surface area contributed by atoms with Crippen LogP contribution in [0, 0.1) is 5.92 Å². The van der Waals surface area contributed by atoms with Crippen LogP contribution in [0.2, 0.25) is 0 Å². The third-order valence-corrected chi connectivity index (χ3v) is 1.94. The maximum Gasteiger partial charge on any atom is 0.00770 e. The lowest BCUT2D eigenvalue weighted by Gasteiger charge is -2.10. The lowest BCUT2D eigenvalue weighted by atomic mass is 10.2. The maximum absolute atomic E-state index is 5.33. The van der Waals surface area contributed by atoms with Gasteiger partial charge in [-0.2, -0.15) is 0 Å². The summed E-state index contributed by atoms with van der Waals surface area (Å²) in [5.74, 6) is 0.955. The highest BCUT2D eigenvalue weighted by Gasteiger charge is 2.26. The smallest absolute Gasteiger partial charge is 0.00770 e. The first-order valence-electron chi connectivity index (χ1n) is 3.78. The predicted octanol–water partition coefficient (Wildman–Crippen LogP) is 0.333. The normalized spacial score (nSPS) is 22.0. The summed E-state index contributed by atoms with van der Waals surface area (Å²) in [7, 11) is 0. The van der Waals surface area contributed by atoms with Gasteiger partial charge in [0.05, 0.1) is 0 Å². The van der Waals surface area contributed by atoms with E-state index in [2.05, 4.69) is 12.2 Å². The van der Waals surface area contributed by atoms with Crippen LogP contribution in [-0.4, -0.2) is 19.1 Å². The summed E-state index contributed by atoms with van der Waals surface area (Å²) in [6.45, 7) is 3.97. The SMILES string of the molecule is CC(NCCN)C1CC1. The van der Waals surface area contributed by atoms with Crippen molar-refractivity contribution < 1.29 is 0 Å². The molecule has 1 aliphatic rings. The Morgan fingerprint density at radius 3 is 2.78 bits per heavy atom. The van der Waals surface area contributed by atoms with E-state index in [4.69, 9.17) is 5.73 Å². The quantitative estimate of drug-likeness (QED) is 0.572. The molecule has 1 saturated carbocycles. The van der Waals surface area contributed by atoms with Crippen LogP contribution >= 0.6 is 0 Å². The van der Waals surface area contributed by atoms with Crippen molar-refractivity contribution in [3.8, 4) is 0 Å². The summed E-state index contributed by atoms with van der Waals surface area (Å²) in [5.41, 5.74) is 5.33. The molecule has 0 saturated heterocycles. The third kappa shape index (κ3) is 2.33. The van der Waals surface area contributed by atoms with Gasteiger partial charge in [-0.05, 0) is 25.7 Å². The molecule has 2 heteroatoms. The van der Waals surface area contributed by atoms with Gasteiger partial charge in [0.1, 0.15) is 0 Å². The Labute approximate surface area is 56.8 Å². The van der Waals surface area contributed by atoms with Crippen LogP contribution in [0.25, 0.3) is 0 Å². The Hall–Kier alpha value is -0.0800. The Kier molecular flexibility index (Phi) is 2.49. The highest BCUT2D eigenvalue weighted by Crippen LogP contribution is 2.31. The molecule has 0 aromatic rings. The topological polar surface area (TPSA) is 38.0 Å². The molecule has 1 aliphatic carbocycles. The molecule has 1 atom stereocenters. The van der Waals surface area contributed by atoms with Crippen LogP contribution in [0.4, 0.5) is 0 Å². The molecule has 1 unspecified atom stereocenters. The fourth-order valence-corrected chi connectivity index (χ4v) is 1.07. The van der Waals surface area contributed by atoms with E-state index in [0.29, 0.717) is 6.04 Å². The molecule has 0 aromatic carbocycles. The highest BCUT2D eigenvalue weighted by molar-refractivity contribution is 4.82. The fraction of sp³-hybridized carbons (Fsp3) is 1.00. The molecule has 54 valence electrons. The van der Waals surface area contributed by atoms with E-state index in [0.717, 1.165) is 19.0 Å². The summed E-state index contributed by atoms with van der Waals surface area (Å²) in [6.07, 6.45) is 2.83. The van der Waals surface area contributed by atoms with E-state index in [1.54, 1.807) is 0 Å². The van der Waals surface area contributed by atoms with E-state index >= 15 is 0 Å². The van der Waals surface area contributed by atoms with E-state index in [1.165, 1.54) is 12.8 Å². The Morgan fingerprint density at radius 2 is 2.33 bits per heavy atom. The Bertz CT molecular complexity index is 79.0. The summed E-state index contributed by atoms with van der Waals surface area (Å²) in [5, 5.41) is 3.37. The van der Waals surface area contributed by atoms with Gasteiger partial charge in [-0.3, -0.25) is 0 Å². The van der Waals surface area contributed by atoms with Gasteiger partial charge in [0.25, 0.3) is 0 Å². The number of hydrogen-bond donors (Lipinski definition) is 2. The van der Waals surface area contributed by atoms with Crippen LogP contribution in [0.1, 0.15) is 19.8 Å². The average molecular weight is 128 g/mol. The van der Waals surface area contributed by atoms with Crippen molar-refractivity contribution in [1.29, 1.82) is 0 Å². The van der Waals surface area contributed by atoms with Crippen molar-refractivity contribution in [2.45, 2.75) is 25.8 Å². The van der Waals surface area contributed by atoms with Crippen molar-refractivity contribution in [3.05, 3.63) is 0 Å². The number of nitrogens with two attached hydrogens (primary N) is 1. The number of rotatable bonds is 4. The number of nitrogens with one attached hydrogen (secondary N) is 1. The van der Waals surface area contributed by atoms with Crippen molar-refractivity contribution >= 4 is 0 Å². The minimum absolute atomic E-state index is 0.702. The maximum atomic E-state index is 5.33. The first-order valence-corrected chi connectivity index (χ1v) is 3.78. The second kappa shape index (κ2) is 3.18. The summed E-state index contributed by atoms with van der Waals surface area (Å²) >= 11 is 0. The molecule has 0 radical (unpaired) electrons. The van der Waals surface area contributed by atoms with Gasteiger partial charge < -0.3 is 11.1 Å². The van der Waals surface area contributed by atoms with Crippen molar-refractivity contribution in [3.63, 3.8) is 0 Å². The van der Waals surface area contributed by atoms with Gasteiger partial charge >= 0.3 is 0 Å². The minimum atomic E-state index is 0.702. The molecule has 0 aromatic heterocycles. The van der Waals surface area contributed by atoms with Crippen LogP contribution < -0.4 is 11.1 Å². The summed E-state index contributed by atoms with van der Waals surface area (Å²) in [4.78, 5) is 0. The minimum Gasteiger partial charge on any atom is -0.329 e. The lowest BCUT2D eigenvalue weighted by molar-refractivity contribution is 0.504. The van der Waals surface area contributed by atoms with Gasteiger partial charge in [0.2, 0.25) is 0 Å². The number of hydrogen-bond acceptors (Lipinski definition) is 2. The zero-order chi connectivity index (χ0) is 6.69. The van der Waals surface area contributed by atoms with Gasteiger partial charge in [0, 0.05) is 19.1 Å². The molecule has 9 heavy (non-hydrogen) atoms. The first kappa shape index (κ1) is 7.03. The van der Waals surface area contributed by atoms with E-state index in [-0.39, 0.29) is 0 Å². The van der Waals surface area contributed by atoms with Crippen LogP contribution in [0.5, 0.6) is 0 Å². The molecule has 0 amide bonds. The van der Waals surface area contributed by atoms with Gasteiger partial charge in [-0.25, -0.2) is 0 Å². The fourth-order valence-electron chi connectivity index (χ4n) is 1.07. The van der Waals surface area contributed by atoms with Crippen LogP contribution in [0.15, 0.2) is 0 Å². The molecular weight excluding hydrogens is 112 g/mol. The van der Waals surface area contributed by atoms with E-state index in [9.17, 15) is 0 Å². The largest absolute Gasteiger partial charge is 0.329 e. The molecule has 1 fully saturated rings. The van der Waals surface area contributed by atoms with Crippen molar-refractivity contribution in [1.82, 2.24) is 5.32 Å². The van der Waals surface area contributed by atoms with Crippen molar-refractivity contribution in [2.24, 2.45) is 11.7 Å². The highest BCUT2D eigenvalue weighted by atomic mass is 14.9. The predicted molar refractivity (Wildman–Crippen MR) is 39.2 cm³/mol. The molecule has 3 N–H and O–H groups in total. The molecule has 0 aliphatic heterocycles. The molecule has 0 spiro atoms. The van der Waals surface area contributed by atoms with Gasteiger partial charge in [-0.15, -0.1) is 0 Å². The molecule has 1 rings (SSSR count). The molecule has 2 nitrogen and oxygen atoms in total. The van der Waals surface area contributed by atoms with Gasteiger partial charge in [0.15, 0.2) is 0 Å². The van der Waals surface area contributed by atoms with E-state index < -0.39 is 0 Å². The summed E-state index contributed by atoms with van der Waals surface area (Å²) in [6, 6.07) is 0.702. The summed E-state index contributed by atoms with van der Waals surface area (Å²) < 4.78 is 0. The second-order valence-corrected chi connectivity index (χ2v) is 2.87. The average Bonchev–Trinajstić information content (AvgIpc) is 2.63. The van der Waals surface area contributed by atoms with Crippen molar-refractivity contribution in [2.75, 3.05) is 13.1 Å². The van der Waals surface area contributed by atoms with Crippen LogP contribution in [0.3, 0.4) is 0 Å². The zero-order valence-electron chi connectivity index (χ0n) is 6.06. The monoisotopic (exact) mass is 128 g/mol. The second-order valence-electron chi connectivity index (χ2n) is 2.87. The molecule has 0 heterocycles.